The molecule has 0 unspecified atom stereocenters. The second-order valence-electron chi connectivity index (χ2n) is 30.4. The minimum Gasteiger partial charge on any atom is -0.310 e. The number of fused-ring (bicyclic) bond motifs is 11. The van der Waals surface area contributed by atoms with Crippen LogP contribution in [0.2, 0.25) is 0 Å². The number of nitrogens with zero attached hydrogens (tertiary/aromatic N) is 4. The van der Waals surface area contributed by atoms with Gasteiger partial charge in [0.05, 0.1) is 74.6 Å². The number of hydrogen-bond donors (Lipinski definition) is 0. The summed E-state index contributed by atoms with van der Waals surface area (Å²) in [6, 6.07) is 36.8. The molecular formula is C108H81BN4. The van der Waals surface area contributed by atoms with E-state index in [1.807, 2.05) is 210 Å². The van der Waals surface area contributed by atoms with Gasteiger partial charge in [-0.25, -0.2) is 0 Å². The van der Waals surface area contributed by atoms with Crippen LogP contribution in [0.15, 0.2) is 381 Å². The number of aromatic nitrogens is 2. The monoisotopic (exact) mass is 1470 g/mol. The first-order valence-corrected chi connectivity index (χ1v) is 37.2. The van der Waals surface area contributed by atoms with Gasteiger partial charge in [0, 0.05) is 77.9 Å². The third-order valence-corrected chi connectivity index (χ3v) is 21.6. The van der Waals surface area contributed by atoms with Crippen LogP contribution in [0.5, 0.6) is 0 Å². The summed E-state index contributed by atoms with van der Waals surface area (Å²) >= 11 is 0. The molecule has 113 heavy (non-hydrogen) atoms. The predicted octanol–water partition coefficient (Wildman–Crippen LogP) is 27.4. The second kappa shape index (κ2) is 26.5. The van der Waals surface area contributed by atoms with Crippen molar-refractivity contribution in [1.82, 2.24) is 9.13 Å². The average Bonchev–Trinajstić information content (AvgIpc) is 1.56. The lowest BCUT2D eigenvalue weighted by atomic mass is 9.33. The average molecular weight is 1480 g/mol. The maximum Gasteiger partial charge on any atom is 0.252 e. The van der Waals surface area contributed by atoms with Crippen molar-refractivity contribution in [1.29, 1.82) is 0 Å². The zero-order valence-corrected chi connectivity index (χ0v) is 61.9. The molecule has 2 aromatic heterocycles. The number of rotatable bonds is 11. The summed E-state index contributed by atoms with van der Waals surface area (Å²) in [6.07, 6.45) is 0. The summed E-state index contributed by atoms with van der Waals surface area (Å²) in [7, 11) is 0. The molecule has 0 spiro atoms. The van der Waals surface area contributed by atoms with Gasteiger partial charge < -0.3 is 18.9 Å². The highest BCUT2D eigenvalue weighted by Gasteiger charge is 2.46. The van der Waals surface area contributed by atoms with E-state index in [0.29, 0.717) is 72.4 Å². The molecule has 19 aromatic rings. The van der Waals surface area contributed by atoms with Gasteiger partial charge in [-0.2, -0.15) is 0 Å². The molecule has 0 aliphatic carbocycles. The second-order valence-corrected chi connectivity index (χ2v) is 30.4. The van der Waals surface area contributed by atoms with Crippen molar-refractivity contribution in [3.8, 4) is 89.3 Å². The van der Waals surface area contributed by atoms with Crippen LogP contribution in [-0.2, 0) is 10.8 Å². The quantitative estimate of drug-likeness (QED) is 0.120. The molecule has 0 saturated carbocycles. The molecule has 0 radical (unpaired) electrons. The molecule has 0 bridgehead atoms. The van der Waals surface area contributed by atoms with E-state index < -0.39 is 276 Å². The lowest BCUT2D eigenvalue weighted by Crippen LogP contribution is -2.61. The van der Waals surface area contributed by atoms with Gasteiger partial charge in [0.1, 0.15) is 0 Å². The molecule has 21 rings (SSSR count). The fraction of sp³-hybridized carbons (Fsp3) is 0.0741. The van der Waals surface area contributed by atoms with Crippen LogP contribution in [0.4, 0.5) is 34.1 Å². The Morgan fingerprint density at radius 1 is 0.265 bits per heavy atom. The Morgan fingerprint density at radius 3 is 1.05 bits per heavy atom. The van der Waals surface area contributed by atoms with Gasteiger partial charge in [-0.15, -0.1) is 0 Å². The van der Waals surface area contributed by atoms with E-state index in [9.17, 15) is 32.9 Å². The first-order chi connectivity index (χ1) is 67.9. The molecule has 2 aliphatic rings. The van der Waals surface area contributed by atoms with Crippen LogP contribution < -0.4 is 26.2 Å². The molecule has 0 saturated heterocycles. The fourth-order valence-electron chi connectivity index (χ4n) is 16.3. The molecule has 4 heterocycles. The van der Waals surface area contributed by atoms with Crippen molar-refractivity contribution >= 4 is 112 Å². The zero-order chi connectivity index (χ0) is 102. The predicted molar refractivity (Wildman–Crippen MR) is 482 cm³/mol. The first-order valence-electron chi connectivity index (χ1n) is 52.2. The Bertz CT molecular complexity index is 8270. The maximum atomic E-state index is 12.1. The summed E-state index contributed by atoms with van der Waals surface area (Å²) < 4.78 is 302. The molecule has 0 N–H and O–H groups in total. The van der Waals surface area contributed by atoms with E-state index >= 15 is 0 Å². The lowest BCUT2D eigenvalue weighted by molar-refractivity contribution is 0.590. The van der Waals surface area contributed by atoms with E-state index in [1.165, 1.54) is 0 Å². The van der Waals surface area contributed by atoms with Crippen LogP contribution in [0, 0.1) is 0 Å². The minimum atomic E-state index is -1.84. The van der Waals surface area contributed by atoms with Crippen molar-refractivity contribution in [2.24, 2.45) is 0 Å². The van der Waals surface area contributed by atoms with Crippen molar-refractivity contribution in [2.45, 2.75) is 52.4 Å². The zero-order valence-electron chi connectivity index (χ0n) is 91.9. The van der Waals surface area contributed by atoms with Crippen LogP contribution in [0.3, 0.4) is 0 Å². The van der Waals surface area contributed by atoms with Gasteiger partial charge in [-0.3, -0.25) is 0 Å². The summed E-state index contributed by atoms with van der Waals surface area (Å²) in [5, 5.41) is -0.706. The van der Waals surface area contributed by atoms with E-state index in [4.69, 9.17) is 8.22 Å². The summed E-state index contributed by atoms with van der Waals surface area (Å²) in [5.74, 6) is 0. The van der Waals surface area contributed by atoms with Crippen molar-refractivity contribution in [3.05, 3.63) is 393 Å². The highest BCUT2D eigenvalue weighted by Crippen LogP contribution is 2.56. The summed E-state index contributed by atoms with van der Waals surface area (Å²) in [4.78, 5) is 3.62. The number of benzene rings is 17. The van der Waals surface area contributed by atoms with Gasteiger partial charge >= 0.3 is 0 Å². The normalized spacial score (nSPS) is 16.4. The van der Waals surface area contributed by atoms with Crippen molar-refractivity contribution < 1.29 is 41.1 Å². The van der Waals surface area contributed by atoms with Gasteiger partial charge in [-0.05, 0) is 202 Å². The standard InChI is InChI=1S/C108H81BN4/c1-107(2,3)80-64-88(73-36-17-9-18-37-73)105(89(65-80)74-38-19-10-20-39-74)112-100-68-82(110-96-50-29-27-47-86(96)92-60-77(52-58-98(92)110)70-32-13-7-14-33-70)54-56-94(100)109-95-57-55-83(111-97-51-30-28-48-87(97)93-61-78(53-59-99(93)111)71-34-15-8-16-35-71)69-101(95)113(103-63-79(62-102(112)104(103)109)85-49-31-45-72-44-25-26-46-84(72)85)106-90(75-40-21-11-22-41-75)66-81(108(4,5)6)67-91(106)76-42-23-12-24-43-76/h7-69H,1-6H3/i7D,8D,13D,14D,15D,16D,27D,28D,29D,30D,32D,33D,34D,35D,47D,48D,50D,51D,52D,53D,54D,55D,56D,57D,58D,59D,60D,61D,68D,69D. The van der Waals surface area contributed by atoms with Crippen LogP contribution >= 0.6 is 0 Å². The Morgan fingerprint density at radius 2 is 0.637 bits per heavy atom. The topological polar surface area (TPSA) is 16.3 Å². The summed E-state index contributed by atoms with van der Waals surface area (Å²) in [6.45, 7) is 10.5. The minimum absolute atomic E-state index is 0.164. The van der Waals surface area contributed by atoms with Crippen molar-refractivity contribution in [3.63, 3.8) is 0 Å². The Balaban J connectivity index is 1.04. The molecule has 536 valence electrons. The Kier molecular flexibility index (Phi) is 10.1. The van der Waals surface area contributed by atoms with E-state index in [2.05, 4.69) is 41.5 Å². The highest BCUT2D eigenvalue weighted by molar-refractivity contribution is 7.00. The van der Waals surface area contributed by atoms with E-state index in [-0.39, 0.29) is 39.1 Å². The molecular weight excluding hydrogens is 1360 g/mol. The number of para-hydroxylation sites is 2. The molecule has 2 aliphatic heterocycles. The highest BCUT2D eigenvalue weighted by atomic mass is 15.2. The molecule has 5 heteroatoms. The SMILES string of the molecule is [2H]c1c([2H])c([2H])c(-c2c([2H])c([2H])c3c(c2[2H])c2c([2H])c([2H])c([2H])c([2H])c2n3-c2c([2H])c([2H])c3c(c2[2H])N(c2c(-c4ccccc4)cc(C(C)(C)C)cc2-c2ccccc2)c2cc(-c4cccc5ccccc45)cc4c2B3c2c([2H])c([2H])c(-n3c5c([2H])c([2H])c([2H])c([2H])c5c5c([2H])c(-c6c([2H])c([2H])c([2H])c([2H])c6[2H])c([2H])c([2H])c53)c([2H])c2N4c2c(-c3ccccc3)cc(C(C)(C)C)cc2-c2ccccc2)c([2H])c1[2H]. The third kappa shape index (κ3) is 11.2. The Labute approximate surface area is 703 Å². The third-order valence-electron chi connectivity index (χ3n) is 21.6. The van der Waals surface area contributed by atoms with Gasteiger partial charge in [0.15, 0.2) is 0 Å². The molecule has 17 aromatic carbocycles. The molecule has 0 fully saturated rings. The van der Waals surface area contributed by atoms with Gasteiger partial charge in [0.2, 0.25) is 0 Å². The number of anilines is 6. The molecule has 0 amide bonds. The van der Waals surface area contributed by atoms with Crippen LogP contribution in [0.1, 0.15) is 93.8 Å². The first kappa shape index (κ1) is 43.0. The van der Waals surface area contributed by atoms with Crippen LogP contribution in [0.25, 0.3) is 144 Å². The Hall–Kier alpha value is -13.7. The molecule has 4 nitrogen and oxygen atoms in total. The number of hydrogen-bond acceptors (Lipinski definition) is 2. The van der Waals surface area contributed by atoms with E-state index in [0.717, 1.165) is 25.6 Å². The molecule has 0 atom stereocenters. The lowest BCUT2D eigenvalue weighted by Gasteiger charge is -2.46. The van der Waals surface area contributed by atoms with Crippen molar-refractivity contribution in [2.75, 3.05) is 9.80 Å². The summed E-state index contributed by atoms with van der Waals surface area (Å²) in [5.41, 5.74) is -1.14. The van der Waals surface area contributed by atoms with Crippen LogP contribution in [-0.4, -0.2) is 15.8 Å². The largest absolute Gasteiger partial charge is 0.310 e. The maximum absolute atomic E-state index is 12.1. The fourth-order valence-corrected chi connectivity index (χ4v) is 16.3. The van der Waals surface area contributed by atoms with Gasteiger partial charge in [0.25, 0.3) is 6.71 Å². The van der Waals surface area contributed by atoms with E-state index in [1.54, 1.807) is 0 Å². The smallest absolute Gasteiger partial charge is 0.252 e. The van der Waals surface area contributed by atoms with Gasteiger partial charge in [-0.1, -0.05) is 326 Å².